The molecule has 0 aliphatic heterocycles. The monoisotopic (exact) mass is 369 g/mol. The van der Waals surface area contributed by atoms with Gasteiger partial charge >= 0.3 is 5.97 Å². The number of nitrogens with one attached hydrogen (secondary N) is 1. The Hall–Kier alpha value is -1.53. The summed E-state index contributed by atoms with van der Waals surface area (Å²) in [5.74, 6) is 0.588. The molecule has 0 unspecified atom stereocenters. The van der Waals surface area contributed by atoms with Crippen LogP contribution in [0, 0.1) is 0 Å². The number of benzene rings is 1. The zero-order valence-electron chi connectivity index (χ0n) is 11.8. The first-order valence-corrected chi connectivity index (χ1v) is 7.95. The Labute approximate surface area is 136 Å². The summed E-state index contributed by atoms with van der Waals surface area (Å²) in [5.41, 5.74) is 0.970. The zero-order valence-corrected chi connectivity index (χ0v) is 14.2. The van der Waals surface area contributed by atoms with Gasteiger partial charge in [0.15, 0.2) is 0 Å². The Morgan fingerprint density at radius 2 is 2.00 bits per heavy atom. The third kappa shape index (κ3) is 4.47. The molecule has 112 valence electrons. The van der Waals surface area contributed by atoms with Crippen molar-refractivity contribution < 1.29 is 14.3 Å². The first kappa shape index (κ1) is 15.9. The summed E-state index contributed by atoms with van der Waals surface area (Å²) < 4.78 is 10.9. The maximum atomic E-state index is 11.2. The zero-order chi connectivity index (χ0) is 15.2. The fourth-order valence-corrected chi connectivity index (χ4v) is 3.11. The minimum Gasteiger partial charge on any atom is -0.497 e. The number of carbonyl (C=O) groups is 1. The highest BCUT2D eigenvalue weighted by Crippen LogP contribution is 2.28. The third-order valence-corrected chi connectivity index (χ3v) is 4.67. The van der Waals surface area contributed by atoms with E-state index in [1.54, 1.807) is 18.4 Å². The molecule has 0 bridgehead atoms. The van der Waals surface area contributed by atoms with Crippen molar-refractivity contribution in [3.63, 3.8) is 0 Å². The van der Waals surface area contributed by atoms with Crippen LogP contribution in [-0.2, 0) is 22.5 Å². The molecule has 0 aliphatic rings. The number of rotatable bonds is 6. The first-order chi connectivity index (χ1) is 10.1. The molecule has 0 spiro atoms. The van der Waals surface area contributed by atoms with Gasteiger partial charge < -0.3 is 14.8 Å². The molecule has 0 aliphatic carbocycles. The molecule has 0 fully saturated rings. The maximum Gasteiger partial charge on any atom is 0.310 e. The predicted octanol–water partition coefficient (Wildman–Crippen LogP) is 3.85. The van der Waals surface area contributed by atoms with Gasteiger partial charge in [0.25, 0.3) is 0 Å². The van der Waals surface area contributed by atoms with Crippen molar-refractivity contribution in [3.8, 4) is 5.75 Å². The quantitative estimate of drug-likeness (QED) is 0.785. The number of thiophene rings is 1. The van der Waals surface area contributed by atoms with Crippen LogP contribution in [0.5, 0.6) is 5.75 Å². The van der Waals surface area contributed by atoms with Crippen molar-refractivity contribution in [2.45, 2.75) is 13.0 Å². The first-order valence-electron chi connectivity index (χ1n) is 6.34. The summed E-state index contributed by atoms with van der Waals surface area (Å²) in [4.78, 5) is 13.4. The molecule has 1 N–H and O–H groups in total. The number of carbonyl (C=O) groups excluding carboxylic acids is 1. The Balaban J connectivity index is 1.98. The number of hydrogen-bond donors (Lipinski definition) is 1. The molecule has 1 aromatic heterocycles. The van der Waals surface area contributed by atoms with Crippen LogP contribution in [0.2, 0.25) is 0 Å². The molecule has 4 nitrogen and oxygen atoms in total. The van der Waals surface area contributed by atoms with Crippen molar-refractivity contribution in [3.05, 3.63) is 44.6 Å². The molecular weight excluding hydrogens is 354 g/mol. The lowest BCUT2D eigenvalue weighted by Gasteiger charge is -2.09. The molecular formula is C15H16BrNO3S. The van der Waals surface area contributed by atoms with Gasteiger partial charge in [-0.15, -0.1) is 11.3 Å². The van der Waals surface area contributed by atoms with Gasteiger partial charge in [-0.2, -0.15) is 0 Å². The topological polar surface area (TPSA) is 47.6 Å². The minimum atomic E-state index is -0.216. The number of hydrogen-bond acceptors (Lipinski definition) is 5. The highest BCUT2D eigenvalue weighted by Gasteiger charge is 2.07. The summed E-state index contributed by atoms with van der Waals surface area (Å²) in [7, 11) is 3.05. The van der Waals surface area contributed by atoms with E-state index in [1.807, 2.05) is 30.3 Å². The van der Waals surface area contributed by atoms with Crippen LogP contribution in [0.15, 0.2) is 34.8 Å². The van der Waals surface area contributed by atoms with Gasteiger partial charge in [0.05, 0.1) is 26.3 Å². The van der Waals surface area contributed by atoms with Crippen LogP contribution < -0.4 is 10.1 Å². The summed E-state index contributed by atoms with van der Waals surface area (Å²) in [6, 6.07) is 9.75. The van der Waals surface area contributed by atoms with Crippen LogP contribution in [-0.4, -0.2) is 20.2 Å². The third-order valence-electron chi connectivity index (χ3n) is 2.89. The van der Waals surface area contributed by atoms with Gasteiger partial charge in [-0.1, -0.05) is 0 Å². The molecule has 0 saturated carbocycles. The average molecular weight is 370 g/mol. The molecule has 2 aromatic rings. The van der Waals surface area contributed by atoms with Gasteiger partial charge in [0, 0.05) is 26.8 Å². The molecule has 0 amide bonds. The van der Waals surface area contributed by atoms with E-state index >= 15 is 0 Å². The molecule has 0 atom stereocenters. The maximum absolute atomic E-state index is 11.2. The largest absolute Gasteiger partial charge is 0.497 e. The van der Waals surface area contributed by atoms with E-state index in [1.165, 1.54) is 7.11 Å². The fraction of sp³-hybridized carbons (Fsp3) is 0.267. The van der Waals surface area contributed by atoms with Gasteiger partial charge in [0.2, 0.25) is 0 Å². The van der Waals surface area contributed by atoms with E-state index in [0.29, 0.717) is 13.0 Å². The van der Waals surface area contributed by atoms with Gasteiger partial charge in [-0.25, -0.2) is 0 Å². The normalized spacial score (nSPS) is 10.2. The van der Waals surface area contributed by atoms with E-state index < -0.39 is 0 Å². The van der Waals surface area contributed by atoms with Crippen LogP contribution in [0.25, 0.3) is 0 Å². The van der Waals surface area contributed by atoms with E-state index in [4.69, 9.17) is 4.74 Å². The number of ether oxygens (including phenoxy) is 2. The van der Waals surface area contributed by atoms with Crippen molar-refractivity contribution in [1.29, 1.82) is 0 Å². The lowest BCUT2D eigenvalue weighted by Crippen LogP contribution is -2.02. The molecule has 1 aromatic carbocycles. The van der Waals surface area contributed by atoms with Crippen molar-refractivity contribution in [1.82, 2.24) is 0 Å². The predicted molar refractivity (Wildman–Crippen MR) is 88.1 cm³/mol. The van der Waals surface area contributed by atoms with Gasteiger partial charge in [-0.3, -0.25) is 4.79 Å². The molecule has 0 radical (unpaired) electrons. The summed E-state index contributed by atoms with van der Waals surface area (Å²) >= 11 is 5.11. The van der Waals surface area contributed by atoms with Crippen LogP contribution in [0.1, 0.15) is 9.75 Å². The van der Waals surface area contributed by atoms with Crippen LogP contribution >= 0.6 is 27.3 Å². The number of esters is 1. The number of anilines is 1. The van der Waals surface area contributed by atoms with Crippen molar-refractivity contribution in [2.24, 2.45) is 0 Å². The van der Waals surface area contributed by atoms with Crippen molar-refractivity contribution in [2.75, 3.05) is 19.5 Å². The Bertz CT molecular complexity index is 627. The molecule has 0 saturated heterocycles. The van der Waals surface area contributed by atoms with E-state index in [2.05, 4.69) is 26.0 Å². The van der Waals surface area contributed by atoms with E-state index in [0.717, 1.165) is 25.7 Å². The van der Waals surface area contributed by atoms with Crippen molar-refractivity contribution >= 4 is 38.9 Å². The smallest absolute Gasteiger partial charge is 0.310 e. The van der Waals surface area contributed by atoms with E-state index in [9.17, 15) is 4.79 Å². The second-order valence-corrected chi connectivity index (χ2v) is 6.43. The lowest BCUT2D eigenvalue weighted by atomic mass is 10.3. The minimum absolute atomic E-state index is 0.216. The second kappa shape index (κ2) is 7.47. The fourth-order valence-electron chi connectivity index (χ4n) is 1.78. The SMILES string of the molecule is COC(=O)Cc1ccc(CNc2cc(OC)ccc2Br)s1. The summed E-state index contributed by atoms with van der Waals surface area (Å²) in [6.07, 6.45) is 0.323. The van der Waals surface area contributed by atoms with Gasteiger partial charge in [0.1, 0.15) is 5.75 Å². The van der Waals surface area contributed by atoms with E-state index in [-0.39, 0.29) is 5.97 Å². The highest BCUT2D eigenvalue weighted by atomic mass is 79.9. The Morgan fingerprint density at radius 1 is 1.24 bits per heavy atom. The second-order valence-electron chi connectivity index (χ2n) is 4.32. The molecule has 1 heterocycles. The molecule has 6 heteroatoms. The lowest BCUT2D eigenvalue weighted by molar-refractivity contribution is -0.139. The number of methoxy groups -OCH3 is 2. The highest BCUT2D eigenvalue weighted by molar-refractivity contribution is 9.10. The molecule has 21 heavy (non-hydrogen) atoms. The number of halogens is 1. The van der Waals surface area contributed by atoms with Crippen LogP contribution in [0.3, 0.4) is 0 Å². The van der Waals surface area contributed by atoms with Crippen LogP contribution in [0.4, 0.5) is 5.69 Å². The summed E-state index contributed by atoms with van der Waals surface area (Å²) in [5, 5.41) is 3.35. The summed E-state index contributed by atoms with van der Waals surface area (Å²) in [6.45, 7) is 0.692. The Kier molecular flexibility index (Phi) is 5.64. The Morgan fingerprint density at radius 3 is 2.71 bits per heavy atom. The average Bonchev–Trinajstić information content (AvgIpc) is 2.93. The molecule has 2 rings (SSSR count). The van der Waals surface area contributed by atoms with Gasteiger partial charge in [-0.05, 0) is 40.2 Å². The standard InChI is InChI=1S/C15H16BrNO3S/c1-19-10-3-6-13(16)14(7-10)17-9-12-5-4-11(21-12)8-15(18)20-2/h3-7,17H,8-9H2,1-2H3.